The SMILES string of the molecule is C[C@@H](NC(=O)c1ccc(-c2cccc(S(C)(=O)=O)c2)cc1)C(=O)N1CCC2(CC1)CC2. The molecule has 1 atom stereocenters. The molecule has 1 N–H and O–H groups in total. The van der Waals surface area contributed by atoms with Gasteiger partial charge in [-0.25, -0.2) is 8.42 Å². The zero-order valence-electron chi connectivity index (χ0n) is 17.9. The van der Waals surface area contributed by atoms with E-state index in [1.165, 1.54) is 19.1 Å². The first-order valence-electron chi connectivity index (χ1n) is 10.7. The lowest BCUT2D eigenvalue weighted by Crippen LogP contribution is -2.49. The number of likely N-dealkylation sites (tertiary alicyclic amines) is 1. The van der Waals surface area contributed by atoms with Gasteiger partial charge in [0.1, 0.15) is 6.04 Å². The summed E-state index contributed by atoms with van der Waals surface area (Å²) < 4.78 is 23.6. The second kappa shape index (κ2) is 8.11. The van der Waals surface area contributed by atoms with Crippen LogP contribution in [0.1, 0.15) is 43.0 Å². The molecule has 1 aliphatic carbocycles. The first-order valence-corrected chi connectivity index (χ1v) is 12.6. The van der Waals surface area contributed by atoms with Gasteiger partial charge in [0.2, 0.25) is 5.91 Å². The maximum absolute atomic E-state index is 12.7. The van der Waals surface area contributed by atoms with Crippen molar-refractivity contribution in [3.05, 3.63) is 54.1 Å². The molecule has 1 spiro atoms. The molecule has 4 rings (SSSR count). The molecule has 2 aromatic rings. The lowest BCUT2D eigenvalue weighted by atomic mass is 9.93. The molecule has 6 nitrogen and oxygen atoms in total. The lowest BCUT2D eigenvalue weighted by molar-refractivity contribution is -0.134. The van der Waals surface area contributed by atoms with Crippen LogP contribution >= 0.6 is 0 Å². The van der Waals surface area contributed by atoms with Crippen LogP contribution in [0, 0.1) is 5.41 Å². The Morgan fingerprint density at radius 1 is 0.968 bits per heavy atom. The zero-order valence-corrected chi connectivity index (χ0v) is 18.7. The van der Waals surface area contributed by atoms with Crippen LogP contribution in [-0.2, 0) is 14.6 Å². The van der Waals surface area contributed by atoms with E-state index in [0.29, 0.717) is 11.0 Å². The van der Waals surface area contributed by atoms with Gasteiger partial charge < -0.3 is 10.2 Å². The summed E-state index contributed by atoms with van der Waals surface area (Å²) in [5.41, 5.74) is 2.54. The fraction of sp³-hybridized carbons (Fsp3) is 0.417. The predicted molar refractivity (Wildman–Crippen MR) is 119 cm³/mol. The van der Waals surface area contributed by atoms with Gasteiger partial charge in [-0.3, -0.25) is 9.59 Å². The summed E-state index contributed by atoms with van der Waals surface area (Å²) in [5.74, 6) is -0.328. The molecule has 0 bridgehead atoms. The normalized spacial score (nSPS) is 18.5. The van der Waals surface area contributed by atoms with Crippen molar-refractivity contribution in [1.29, 1.82) is 0 Å². The third kappa shape index (κ3) is 4.82. The van der Waals surface area contributed by atoms with Crippen molar-refractivity contribution in [2.24, 2.45) is 5.41 Å². The minimum absolute atomic E-state index is 0.0296. The van der Waals surface area contributed by atoms with Gasteiger partial charge in [0.05, 0.1) is 4.90 Å². The summed E-state index contributed by atoms with van der Waals surface area (Å²) in [6.07, 6.45) is 5.89. The molecule has 0 aromatic heterocycles. The summed E-state index contributed by atoms with van der Waals surface area (Å²) in [6, 6.07) is 13.1. The number of rotatable bonds is 5. The summed E-state index contributed by atoms with van der Waals surface area (Å²) in [7, 11) is -3.29. The summed E-state index contributed by atoms with van der Waals surface area (Å²) in [5, 5.41) is 2.81. The molecular formula is C24H28N2O4S. The Hall–Kier alpha value is -2.67. The van der Waals surface area contributed by atoms with Crippen molar-refractivity contribution in [1.82, 2.24) is 10.2 Å². The van der Waals surface area contributed by atoms with E-state index in [4.69, 9.17) is 0 Å². The number of hydrogen-bond donors (Lipinski definition) is 1. The molecule has 0 radical (unpaired) electrons. The van der Waals surface area contributed by atoms with Gasteiger partial charge in [-0.1, -0.05) is 24.3 Å². The van der Waals surface area contributed by atoms with Crippen molar-refractivity contribution in [2.75, 3.05) is 19.3 Å². The van der Waals surface area contributed by atoms with Gasteiger partial charge in [0.15, 0.2) is 9.84 Å². The number of sulfone groups is 1. The fourth-order valence-electron chi connectivity index (χ4n) is 4.21. The molecule has 7 heteroatoms. The highest BCUT2D eigenvalue weighted by Gasteiger charge is 2.45. The predicted octanol–water partition coefficient (Wildman–Crippen LogP) is 3.28. The van der Waals surface area contributed by atoms with Gasteiger partial charge in [-0.15, -0.1) is 0 Å². The molecular weight excluding hydrogens is 412 g/mol. The number of hydrogen-bond acceptors (Lipinski definition) is 4. The molecule has 1 saturated heterocycles. The average Bonchev–Trinajstić information content (AvgIpc) is 3.52. The van der Waals surface area contributed by atoms with E-state index in [0.717, 1.165) is 37.1 Å². The Balaban J connectivity index is 1.38. The van der Waals surface area contributed by atoms with Crippen LogP contribution in [0.25, 0.3) is 11.1 Å². The van der Waals surface area contributed by atoms with Gasteiger partial charge in [-0.2, -0.15) is 0 Å². The quantitative estimate of drug-likeness (QED) is 0.773. The minimum atomic E-state index is -3.29. The Morgan fingerprint density at radius 3 is 2.19 bits per heavy atom. The molecule has 2 aromatic carbocycles. The van der Waals surface area contributed by atoms with Crippen molar-refractivity contribution >= 4 is 21.7 Å². The minimum Gasteiger partial charge on any atom is -0.341 e. The number of piperidine rings is 1. The van der Waals surface area contributed by atoms with E-state index in [9.17, 15) is 18.0 Å². The van der Waals surface area contributed by atoms with Gasteiger partial charge in [0, 0.05) is 24.9 Å². The van der Waals surface area contributed by atoms with Crippen LogP contribution in [0.2, 0.25) is 0 Å². The van der Waals surface area contributed by atoms with E-state index in [1.807, 2.05) is 11.0 Å². The van der Waals surface area contributed by atoms with Gasteiger partial charge >= 0.3 is 0 Å². The molecule has 1 heterocycles. The number of amides is 2. The van der Waals surface area contributed by atoms with Crippen molar-refractivity contribution < 1.29 is 18.0 Å². The number of nitrogens with zero attached hydrogens (tertiary/aromatic N) is 1. The first-order chi connectivity index (χ1) is 14.7. The summed E-state index contributed by atoms with van der Waals surface area (Å²) in [4.78, 5) is 27.5. The number of carbonyl (C=O) groups excluding carboxylic acids is 2. The third-order valence-corrected chi connectivity index (χ3v) is 7.66. The van der Waals surface area contributed by atoms with Crippen LogP contribution in [0.4, 0.5) is 0 Å². The van der Waals surface area contributed by atoms with Crippen molar-refractivity contribution in [3.8, 4) is 11.1 Å². The van der Waals surface area contributed by atoms with Crippen LogP contribution in [-0.4, -0.2) is 50.5 Å². The number of nitrogens with one attached hydrogen (secondary N) is 1. The van der Waals surface area contributed by atoms with Crippen molar-refractivity contribution in [2.45, 2.75) is 43.5 Å². The summed E-state index contributed by atoms with van der Waals surface area (Å²) >= 11 is 0. The Bertz CT molecular complexity index is 1090. The molecule has 2 fully saturated rings. The molecule has 1 saturated carbocycles. The standard InChI is InChI=1S/C24H28N2O4S/c1-17(23(28)26-14-12-24(10-11-24)13-15-26)25-22(27)19-8-6-18(7-9-19)20-4-3-5-21(16-20)31(2,29)30/h3-9,16-17H,10-15H2,1-2H3,(H,25,27)/t17-/m1/s1. The van der Waals surface area contributed by atoms with E-state index < -0.39 is 15.9 Å². The van der Waals surface area contributed by atoms with Crippen LogP contribution in [0.3, 0.4) is 0 Å². The first kappa shape index (κ1) is 21.6. The monoisotopic (exact) mass is 440 g/mol. The zero-order chi connectivity index (χ0) is 22.2. The smallest absolute Gasteiger partial charge is 0.251 e. The largest absolute Gasteiger partial charge is 0.341 e. The van der Waals surface area contributed by atoms with Gasteiger partial charge in [-0.05, 0) is 73.4 Å². The highest BCUT2D eigenvalue weighted by Crippen LogP contribution is 2.53. The highest BCUT2D eigenvalue weighted by molar-refractivity contribution is 7.90. The van der Waals surface area contributed by atoms with Crippen LogP contribution in [0.5, 0.6) is 0 Å². The van der Waals surface area contributed by atoms with Crippen molar-refractivity contribution in [3.63, 3.8) is 0 Å². The number of benzene rings is 2. The van der Waals surface area contributed by atoms with Gasteiger partial charge in [0.25, 0.3) is 5.91 Å². The maximum atomic E-state index is 12.7. The van der Waals surface area contributed by atoms with Crippen LogP contribution in [0.15, 0.2) is 53.4 Å². The Kier molecular flexibility index (Phi) is 5.64. The number of carbonyl (C=O) groups is 2. The molecule has 2 amide bonds. The third-order valence-electron chi connectivity index (χ3n) is 6.55. The molecule has 0 unspecified atom stereocenters. The Morgan fingerprint density at radius 2 is 1.61 bits per heavy atom. The molecule has 2 aliphatic rings. The van der Waals surface area contributed by atoms with E-state index in [1.54, 1.807) is 49.4 Å². The lowest BCUT2D eigenvalue weighted by Gasteiger charge is -2.33. The topological polar surface area (TPSA) is 83.5 Å². The van der Waals surface area contributed by atoms with E-state index in [-0.39, 0.29) is 16.7 Å². The Labute approximate surface area is 183 Å². The average molecular weight is 441 g/mol. The van der Waals surface area contributed by atoms with Crippen LogP contribution < -0.4 is 5.32 Å². The van der Waals surface area contributed by atoms with E-state index >= 15 is 0 Å². The molecule has 1 aliphatic heterocycles. The second-order valence-electron chi connectivity index (χ2n) is 8.90. The molecule has 164 valence electrons. The highest BCUT2D eigenvalue weighted by atomic mass is 32.2. The van der Waals surface area contributed by atoms with E-state index in [2.05, 4.69) is 5.32 Å². The summed E-state index contributed by atoms with van der Waals surface area (Å²) in [6.45, 7) is 3.29. The fourth-order valence-corrected chi connectivity index (χ4v) is 4.88. The molecule has 31 heavy (non-hydrogen) atoms. The maximum Gasteiger partial charge on any atom is 0.251 e. The second-order valence-corrected chi connectivity index (χ2v) is 10.9.